The van der Waals surface area contributed by atoms with E-state index in [0.29, 0.717) is 5.92 Å². The van der Waals surface area contributed by atoms with Gasteiger partial charge in [-0.25, -0.2) is 0 Å². The molecule has 1 atom stereocenters. The fourth-order valence-electron chi connectivity index (χ4n) is 1.46. The first-order valence-electron chi connectivity index (χ1n) is 3.57. The summed E-state index contributed by atoms with van der Waals surface area (Å²) in [7, 11) is 0. The van der Waals surface area contributed by atoms with Gasteiger partial charge >= 0.3 is 0 Å². The number of rotatable bonds is 2. The van der Waals surface area contributed by atoms with Crippen LogP contribution in [0, 0.1) is 12.5 Å². The SMILES string of the molecule is [CH]=CC(O)C1CCCC1. The molecule has 1 nitrogen and oxygen atoms in total. The minimum Gasteiger partial charge on any atom is -0.389 e. The molecule has 0 aromatic rings. The Labute approximate surface area is 56.4 Å². The molecule has 1 aliphatic rings. The van der Waals surface area contributed by atoms with Crippen LogP contribution in [-0.4, -0.2) is 11.2 Å². The molecule has 9 heavy (non-hydrogen) atoms. The van der Waals surface area contributed by atoms with Gasteiger partial charge in [-0.2, -0.15) is 0 Å². The molecule has 51 valence electrons. The van der Waals surface area contributed by atoms with Gasteiger partial charge in [0.25, 0.3) is 0 Å². The largest absolute Gasteiger partial charge is 0.389 e. The molecule has 0 heterocycles. The van der Waals surface area contributed by atoms with Crippen molar-refractivity contribution >= 4 is 0 Å². The van der Waals surface area contributed by atoms with Gasteiger partial charge in [0.1, 0.15) is 0 Å². The number of hydrogen-bond acceptors (Lipinski definition) is 1. The van der Waals surface area contributed by atoms with Gasteiger partial charge in [-0.05, 0) is 18.8 Å². The van der Waals surface area contributed by atoms with Crippen molar-refractivity contribution in [2.75, 3.05) is 0 Å². The second-order valence-corrected chi connectivity index (χ2v) is 2.73. The van der Waals surface area contributed by atoms with Gasteiger partial charge in [0.05, 0.1) is 6.10 Å². The van der Waals surface area contributed by atoms with E-state index < -0.39 is 0 Å². The van der Waals surface area contributed by atoms with Crippen LogP contribution in [0.15, 0.2) is 6.08 Å². The fraction of sp³-hybridized carbons (Fsp3) is 0.750. The third-order valence-electron chi connectivity index (χ3n) is 2.08. The van der Waals surface area contributed by atoms with Crippen molar-refractivity contribution in [3.8, 4) is 0 Å². The van der Waals surface area contributed by atoms with Crippen molar-refractivity contribution in [3.63, 3.8) is 0 Å². The zero-order valence-corrected chi connectivity index (χ0v) is 5.59. The molecule has 1 fully saturated rings. The molecule has 1 rings (SSSR count). The maximum absolute atomic E-state index is 9.18. The summed E-state index contributed by atoms with van der Waals surface area (Å²) in [6.45, 7) is 5.18. The van der Waals surface area contributed by atoms with E-state index in [0.717, 1.165) is 12.8 Å². The number of hydrogen-bond donors (Lipinski definition) is 1. The highest BCUT2D eigenvalue weighted by Gasteiger charge is 2.20. The summed E-state index contributed by atoms with van der Waals surface area (Å²) in [5.74, 6) is 0.454. The molecule has 0 saturated heterocycles. The predicted octanol–water partition coefficient (Wildman–Crippen LogP) is 1.53. The van der Waals surface area contributed by atoms with Gasteiger partial charge in [0.15, 0.2) is 0 Å². The predicted molar refractivity (Wildman–Crippen MR) is 36.8 cm³/mol. The van der Waals surface area contributed by atoms with Crippen molar-refractivity contribution in [2.45, 2.75) is 31.8 Å². The molecule has 1 radical (unpaired) electrons. The smallest absolute Gasteiger partial charge is 0.0752 e. The summed E-state index contributed by atoms with van der Waals surface area (Å²) in [5, 5.41) is 9.18. The highest BCUT2D eigenvalue weighted by atomic mass is 16.3. The Morgan fingerprint density at radius 2 is 2.00 bits per heavy atom. The topological polar surface area (TPSA) is 20.2 Å². The Morgan fingerprint density at radius 3 is 2.44 bits per heavy atom. The maximum Gasteiger partial charge on any atom is 0.0752 e. The summed E-state index contributed by atoms with van der Waals surface area (Å²) >= 11 is 0. The van der Waals surface area contributed by atoms with Gasteiger partial charge in [0, 0.05) is 0 Å². The summed E-state index contributed by atoms with van der Waals surface area (Å²) in [6, 6.07) is 0. The van der Waals surface area contributed by atoms with E-state index in [4.69, 9.17) is 6.58 Å². The van der Waals surface area contributed by atoms with E-state index in [1.54, 1.807) is 0 Å². The fourth-order valence-corrected chi connectivity index (χ4v) is 1.46. The van der Waals surface area contributed by atoms with Crippen molar-refractivity contribution in [3.05, 3.63) is 12.7 Å². The maximum atomic E-state index is 9.18. The second-order valence-electron chi connectivity index (χ2n) is 2.73. The van der Waals surface area contributed by atoms with Crippen LogP contribution in [0.25, 0.3) is 0 Å². The number of aliphatic hydroxyl groups excluding tert-OH is 1. The molecule has 0 amide bonds. The molecule has 1 unspecified atom stereocenters. The minimum absolute atomic E-state index is 0.354. The molecule has 0 spiro atoms. The first-order chi connectivity index (χ1) is 4.34. The molecule has 1 saturated carbocycles. The highest BCUT2D eigenvalue weighted by Crippen LogP contribution is 2.27. The third kappa shape index (κ3) is 1.55. The average molecular weight is 125 g/mol. The zero-order chi connectivity index (χ0) is 6.69. The Morgan fingerprint density at radius 1 is 1.44 bits per heavy atom. The van der Waals surface area contributed by atoms with E-state index in [9.17, 15) is 5.11 Å². The van der Waals surface area contributed by atoms with Gasteiger partial charge in [0.2, 0.25) is 0 Å². The molecular weight excluding hydrogens is 112 g/mol. The van der Waals surface area contributed by atoms with Crippen LogP contribution in [-0.2, 0) is 0 Å². The normalized spacial score (nSPS) is 24.1. The van der Waals surface area contributed by atoms with Crippen LogP contribution >= 0.6 is 0 Å². The zero-order valence-electron chi connectivity index (χ0n) is 5.59. The first-order valence-corrected chi connectivity index (χ1v) is 3.57. The van der Waals surface area contributed by atoms with Gasteiger partial charge in [-0.3, -0.25) is 0 Å². The highest BCUT2D eigenvalue weighted by molar-refractivity contribution is 4.84. The molecule has 0 bridgehead atoms. The lowest BCUT2D eigenvalue weighted by atomic mass is 10.0. The lowest BCUT2D eigenvalue weighted by molar-refractivity contribution is 0.156. The van der Waals surface area contributed by atoms with Crippen molar-refractivity contribution in [2.24, 2.45) is 5.92 Å². The summed E-state index contributed by atoms with van der Waals surface area (Å²) in [4.78, 5) is 0. The van der Waals surface area contributed by atoms with Crippen LogP contribution in [0.5, 0.6) is 0 Å². The molecule has 1 N–H and O–H groups in total. The quantitative estimate of drug-likeness (QED) is 0.593. The van der Waals surface area contributed by atoms with Crippen LogP contribution in [0.1, 0.15) is 25.7 Å². The molecule has 1 heteroatoms. The average Bonchev–Trinajstić information content (AvgIpc) is 2.37. The van der Waals surface area contributed by atoms with Crippen LogP contribution < -0.4 is 0 Å². The Hall–Kier alpha value is -0.300. The van der Waals surface area contributed by atoms with Gasteiger partial charge < -0.3 is 5.11 Å². The van der Waals surface area contributed by atoms with Crippen molar-refractivity contribution in [1.29, 1.82) is 0 Å². The summed E-state index contributed by atoms with van der Waals surface area (Å²) in [5.41, 5.74) is 0. The molecule has 0 aromatic heterocycles. The van der Waals surface area contributed by atoms with Crippen LogP contribution in [0.3, 0.4) is 0 Å². The van der Waals surface area contributed by atoms with E-state index in [1.165, 1.54) is 18.9 Å². The minimum atomic E-state index is -0.354. The molecule has 1 aliphatic carbocycles. The third-order valence-corrected chi connectivity index (χ3v) is 2.08. The van der Waals surface area contributed by atoms with Crippen molar-refractivity contribution < 1.29 is 5.11 Å². The Kier molecular flexibility index (Phi) is 2.29. The van der Waals surface area contributed by atoms with Crippen LogP contribution in [0.2, 0.25) is 0 Å². The summed E-state index contributed by atoms with van der Waals surface area (Å²) < 4.78 is 0. The molecule has 0 aromatic carbocycles. The summed E-state index contributed by atoms with van der Waals surface area (Å²) in [6.07, 6.45) is 5.86. The van der Waals surface area contributed by atoms with E-state index in [2.05, 4.69) is 0 Å². The Balaban J connectivity index is 2.32. The van der Waals surface area contributed by atoms with Gasteiger partial charge in [-0.15, -0.1) is 0 Å². The lowest BCUT2D eigenvalue weighted by Gasteiger charge is -2.11. The van der Waals surface area contributed by atoms with Crippen molar-refractivity contribution in [1.82, 2.24) is 0 Å². The van der Waals surface area contributed by atoms with Crippen LogP contribution in [0.4, 0.5) is 0 Å². The van der Waals surface area contributed by atoms with Gasteiger partial charge in [-0.1, -0.05) is 25.5 Å². The van der Waals surface area contributed by atoms with E-state index in [1.807, 2.05) is 0 Å². The van der Waals surface area contributed by atoms with E-state index in [-0.39, 0.29) is 6.10 Å². The lowest BCUT2D eigenvalue weighted by Crippen LogP contribution is -2.13. The first kappa shape index (κ1) is 6.81. The Bertz CT molecular complexity index is 92.7. The standard InChI is InChI=1S/C8H13O/c1-2-8(9)7-5-3-4-6-7/h1-2,7-9H,3-6H2. The van der Waals surface area contributed by atoms with E-state index >= 15 is 0 Å². The second kappa shape index (κ2) is 3.02. The molecular formula is C8H13O. The monoisotopic (exact) mass is 125 g/mol. The number of aliphatic hydroxyl groups is 1. The molecule has 0 aliphatic heterocycles.